The van der Waals surface area contributed by atoms with Gasteiger partial charge in [0.1, 0.15) is 11.6 Å². The number of hydrogen-bond donors (Lipinski definition) is 4. The lowest BCUT2D eigenvalue weighted by Gasteiger charge is -2.23. The molecule has 2 aliphatic heterocycles. The summed E-state index contributed by atoms with van der Waals surface area (Å²) in [4.78, 5) is 41.9. The molecule has 2 atom stereocenters. The summed E-state index contributed by atoms with van der Waals surface area (Å²) in [7, 11) is 3.81. The molecule has 2 saturated heterocycles. The number of amides is 4. The predicted molar refractivity (Wildman–Crippen MR) is 273 cm³/mol. The smallest absolute Gasteiger partial charge is 0.326 e. The maximum atomic E-state index is 13.9. The minimum Gasteiger partial charge on any atom is -0.494 e. The van der Waals surface area contributed by atoms with E-state index in [9.17, 15) is 23.5 Å². The highest BCUT2D eigenvalue weighted by Crippen LogP contribution is 2.30. The van der Waals surface area contributed by atoms with E-state index in [4.69, 9.17) is 19.3 Å². The number of hydrogen-bond acceptors (Lipinski definition) is 11. The van der Waals surface area contributed by atoms with Crippen molar-refractivity contribution in [3.63, 3.8) is 0 Å². The molecular formula is C49H58F2N10O7S2. The van der Waals surface area contributed by atoms with Crippen LogP contribution in [0.25, 0.3) is 22.3 Å². The Labute approximate surface area is 418 Å². The van der Waals surface area contributed by atoms with Gasteiger partial charge in [0.25, 0.3) is 0 Å². The molecule has 6 heterocycles. The van der Waals surface area contributed by atoms with E-state index in [1.807, 2.05) is 48.5 Å². The van der Waals surface area contributed by atoms with Crippen molar-refractivity contribution < 1.29 is 42.8 Å². The van der Waals surface area contributed by atoms with E-state index in [-0.39, 0.29) is 77.2 Å². The first-order valence-corrected chi connectivity index (χ1v) is 21.1. The van der Waals surface area contributed by atoms with Gasteiger partial charge in [-0.25, -0.2) is 28.3 Å². The molecule has 9 rings (SSSR count). The summed E-state index contributed by atoms with van der Waals surface area (Å²) < 4.78 is 43.7. The fourth-order valence-corrected chi connectivity index (χ4v) is 7.61. The standard InChI is InChI=1S/C27H26FN5O3.C20H20FN5O3.CH4O.CH4.2H2S/c1-35-25-11-20(7-9-24(25)28)15-32-23(18-36-17-19-5-3-2-4-6-19)16-33(27(32)34)26-10-8-21(12-29-26)22-13-30-31-14-22;1-29-18-6-13(2-4-17(18)21)10-25-16(12-27)11-26(20(25)28)19-5-3-14(7-22-19)15-8-23-24-9-15;1-2;;;/h2-14,23H,15-18H2,1H3,(H,30,31);2-9,16,27H,10-12H2,1H3,(H,23,24);2H,1H3;1H4;2*1H2/t23-;16-;;;;/m00..../s1. The van der Waals surface area contributed by atoms with Crippen molar-refractivity contribution in [3.8, 4) is 33.8 Å². The molecule has 70 heavy (non-hydrogen) atoms. The summed E-state index contributed by atoms with van der Waals surface area (Å²) in [6.45, 7) is 1.86. The summed E-state index contributed by atoms with van der Waals surface area (Å²) in [6.07, 6.45) is 10.4. The molecule has 372 valence electrons. The first-order chi connectivity index (χ1) is 32.7. The maximum absolute atomic E-state index is 13.9. The van der Waals surface area contributed by atoms with Gasteiger partial charge in [-0.2, -0.15) is 37.2 Å². The van der Waals surface area contributed by atoms with Crippen LogP contribution in [0.15, 0.2) is 128 Å². The van der Waals surface area contributed by atoms with Gasteiger partial charge in [0.2, 0.25) is 0 Å². The van der Waals surface area contributed by atoms with Gasteiger partial charge in [0, 0.05) is 67.2 Å². The zero-order chi connectivity index (χ0) is 47.3. The van der Waals surface area contributed by atoms with Gasteiger partial charge in [-0.3, -0.25) is 20.0 Å². The second-order valence-corrected chi connectivity index (χ2v) is 15.3. The first kappa shape index (κ1) is 55.6. The Kier molecular flexibility index (Phi) is 21.1. The highest BCUT2D eigenvalue weighted by molar-refractivity contribution is 7.59. The minimum absolute atomic E-state index is 0. The molecular weight excluding hydrogens is 943 g/mol. The monoisotopic (exact) mass is 1000 g/mol. The number of aromatic amines is 2. The molecule has 4 aromatic heterocycles. The Morgan fingerprint density at radius 2 is 1.10 bits per heavy atom. The summed E-state index contributed by atoms with van der Waals surface area (Å²) in [5.41, 5.74) is 6.13. The molecule has 0 aliphatic carbocycles. The molecule has 4 N–H and O–H groups in total. The van der Waals surface area contributed by atoms with E-state index >= 15 is 0 Å². The Morgan fingerprint density at radius 1 is 0.629 bits per heavy atom. The average Bonchev–Trinajstić information content (AvgIpc) is 4.21. The molecule has 3 aromatic carbocycles. The summed E-state index contributed by atoms with van der Waals surface area (Å²) in [5.74, 6) is 0.401. The van der Waals surface area contributed by atoms with E-state index < -0.39 is 17.7 Å². The third-order valence-electron chi connectivity index (χ3n) is 11.1. The summed E-state index contributed by atoms with van der Waals surface area (Å²) in [5, 5.41) is 30.2. The molecule has 0 spiro atoms. The minimum atomic E-state index is -0.466. The number of nitrogens with zero attached hydrogens (tertiary/aromatic N) is 8. The Morgan fingerprint density at radius 3 is 1.51 bits per heavy atom. The number of ether oxygens (including phenoxy) is 3. The Balaban J connectivity index is 0.000000288. The number of urea groups is 2. The van der Waals surface area contributed by atoms with Crippen LogP contribution in [-0.4, -0.2) is 122 Å². The van der Waals surface area contributed by atoms with Crippen molar-refractivity contribution in [1.82, 2.24) is 40.2 Å². The van der Waals surface area contributed by atoms with E-state index in [0.29, 0.717) is 50.0 Å². The molecule has 2 aliphatic rings. The van der Waals surface area contributed by atoms with Crippen LogP contribution >= 0.6 is 27.0 Å². The van der Waals surface area contributed by atoms with Crippen LogP contribution in [0, 0.1) is 11.6 Å². The van der Waals surface area contributed by atoms with Gasteiger partial charge < -0.3 is 34.2 Å². The van der Waals surface area contributed by atoms with Gasteiger partial charge in [0.05, 0.1) is 71.6 Å². The number of carbonyl (C=O) groups excluding carboxylic acids is 2. The second kappa shape index (κ2) is 26.6. The number of nitrogens with one attached hydrogen (secondary N) is 2. The quantitative estimate of drug-likeness (QED) is 0.0792. The normalized spacial score (nSPS) is 14.9. The topological polar surface area (TPSA) is 198 Å². The lowest BCUT2D eigenvalue weighted by molar-refractivity contribution is 0.0752. The maximum Gasteiger partial charge on any atom is 0.326 e. The van der Waals surface area contributed by atoms with Crippen molar-refractivity contribution >= 4 is 50.7 Å². The van der Waals surface area contributed by atoms with Gasteiger partial charge >= 0.3 is 12.1 Å². The fourth-order valence-electron chi connectivity index (χ4n) is 7.61. The number of H-pyrrole nitrogens is 2. The van der Waals surface area contributed by atoms with Crippen molar-refractivity contribution in [3.05, 3.63) is 157 Å². The molecule has 0 radical (unpaired) electrons. The van der Waals surface area contributed by atoms with Gasteiger partial charge in [0.15, 0.2) is 23.1 Å². The van der Waals surface area contributed by atoms with Crippen LogP contribution in [-0.2, 0) is 24.4 Å². The molecule has 0 saturated carbocycles. The lowest BCUT2D eigenvalue weighted by Crippen LogP contribution is -2.37. The number of pyridine rings is 2. The SMILES string of the molecule is C.CO.COc1cc(CN2C(=O)N(c3ccc(-c4cn[nH]c4)cn3)C[C@H]2CO)ccc1F.COc1cc(CN2C(=O)N(c3ccc(-c4cn[nH]c4)cn3)C[C@H]2COCc2ccccc2)ccc1F.S.S. The molecule has 0 unspecified atom stereocenters. The zero-order valence-electron chi connectivity index (χ0n) is 38.0. The highest BCUT2D eigenvalue weighted by Gasteiger charge is 2.40. The summed E-state index contributed by atoms with van der Waals surface area (Å²) >= 11 is 0. The van der Waals surface area contributed by atoms with Crippen LogP contribution in [0.2, 0.25) is 0 Å². The van der Waals surface area contributed by atoms with Crippen LogP contribution in [0.1, 0.15) is 24.1 Å². The number of anilines is 2. The number of halogens is 2. The van der Waals surface area contributed by atoms with Crippen LogP contribution in [0.3, 0.4) is 0 Å². The molecule has 4 amide bonds. The molecule has 17 nitrogen and oxygen atoms in total. The van der Waals surface area contributed by atoms with E-state index in [1.165, 1.54) is 31.3 Å². The van der Waals surface area contributed by atoms with E-state index in [0.717, 1.165) is 40.5 Å². The van der Waals surface area contributed by atoms with Crippen molar-refractivity contribution in [2.45, 2.75) is 39.2 Å². The number of benzene rings is 3. The number of aliphatic hydroxyl groups is 2. The third kappa shape index (κ3) is 13.2. The molecule has 0 bridgehead atoms. The number of aromatic nitrogens is 6. The molecule has 21 heteroatoms. The van der Waals surface area contributed by atoms with Gasteiger partial charge in [-0.15, -0.1) is 0 Å². The third-order valence-corrected chi connectivity index (χ3v) is 11.1. The predicted octanol–water partition coefficient (Wildman–Crippen LogP) is 7.54. The lowest BCUT2D eigenvalue weighted by atomic mass is 10.1. The van der Waals surface area contributed by atoms with Crippen molar-refractivity contribution in [2.24, 2.45) is 0 Å². The fraction of sp³-hybridized carbons (Fsp3) is 0.265. The number of carbonyl (C=O) groups is 2. The number of aliphatic hydroxyl groups excluding tert-OH is 2. The number of methoxy groups -OCH3 is 2. The van der Waals surface area contributed by atoms with Crippen LogP contribution < -0.4 is 19.3 Å². The van der Waals surface area contributed by atoms with Crippen LogP contribution in [0.5, 0.6) is 11.5 Å². The van der Waals surface area contributed by atoms with Crippen molar-refractivity contribution in [2.75, 3.05) is 57.4 Å². The Bertz CT molecular complexity index is 2680. The highest BCUT2D eigenvalue weighted by atomic mass is 32.1. The largest absolute Gasteiger partial charge is 0.494 e. The van der Waals surface area contributed by atoms with Gasteiger partial charge in [-0.05, 0) is 65.2 Å². The average molecular weight is 1000 g/mol. The molecule has 7 aromatic rings. The molecule has 2 fully saturated rings. The van der Waals surface area contributed by atoms with Crippen LogP contribution in [0.4, 0.5) is 30.0 Å². The number of rotatable bonds is 15. The van der Waals surface area contributed by atoms with Crippen molar-refractivity contribution in [1.29, 1.82) is 0 Å². The summed E-state index contributed by atoms with van der Waals surface area (Å²) in [6, 6.07) is 25.3. The Hall–Kier alpha value is -7.04. The van der Waals surface area contributed by atoms with E-state index in [2.05, 4.69) is 30.4 Å². The van der Waals surface area contributed by atoms with E-state index in [1.54, 1.807) is 82.2 Å². The second-order valence-electron chi connectivity index (χ2n) is 15.3. The first-order valence-electron chi connectivity index (χ1n) is 21.1. The van der Waals surface area contributed by atoms with Gasteiger partial charge in [-0.1, -0.05) is 49.9 Å². The zero-order valence-corrected chi connectivity index (χ0v) is 40.0.